The summed E-state index contributed by atoms with van der Waals surface area (Å²) in [6.07, 6.45) is 0.812. The number of amides is 1. The normalized spacial score (nSPS) is 18.1. The fourth-order valence-corrected chi connectivity index (χ4v) is 4.05. The summed E-state index contributed by atoms with van der Waals surface area (Å²) in [6, 6.07) is 16.4. The average molecular weight is 367 g/mol. The van der Waals surface area contributed by atoms with Crippen molar-refractivity contribution in [3.63, 3.8) is 0 Å². The molecule has 0 atom stereocenters. The molecule has 0 aromatic heterocycles. The lowest BCUT2D eigenvalue weighted by molar-refractivity contribution is 0.0982. The number of hydrogen-bond donors (Lipinski definition) is 1. The van der Waals surface area contributed by atoms with Gasteiger partial charge in [0.2, 0.25) is 0 Å². The van der Waals surface area contributed by atoms with Crippen LogP contribution in [0.1, 0.15) is 29.9 Å². The van der Waals surface area contributed by atoms with Gasteiger partial charge in [0.05, 0.1) is 6.61 Å². The fourth-order valence-electron chi connectivity index (χ4n) is 4.05. The lowest BCUT2D eigenvalue weighted by Gasteiger charge is -2.28. The van der Waals surface area contributed by atoms with Crippen LogP contribution in [0.15, 0.2) is 59.9 Å². The lowest BCUT2D eigenvalue weighted by Crippen LogP contribution is -2.38. The summed E-state index contributed by atoms with van der Waals surface area (Å²) in [7, 11) is 0. The van der Waals surface area contributed by atoms with Crippen molar-refractivity contribution in [2.24, 2.45) is 0 Å². The first-order valence-corrected chi connectivity index (χ1v) is 9.26. The van der Waals surface area contributed by atoms with Crippen LogP contribution in [0.4, 0.5) is 9.18 Å². The van der Waals surface area contributed by atoms with Crippen molar-refractivity contribution < 1.29 is 19.0 Å². The Kier molecular flexibility index (Phi) is 4.94. The maximum absolute atomic E-state index is 13.7. The van der Waals surface area contributed by atoms with Crippen molar-refractivity contribution in [3.8, 4) is 11.1 Å². The molecule has 2 aromatic carbocycles. The van der Waals surface area contributed by atoms with Crippen LogP contribution in [0, 0.1) is 0 Å². The summed E-state index contributed by atoms with van der Waals surface area (Å²) < 4.78 is 19.3. The summed E-state index contributed by atoms with van der Waals surface area (Å²) in [6.45, 7) is 0.362. The van der Waals surface area contributed by atoms with Crippen molar-refractivity contribution in [2.45, 2.75) is 18.8 Å². The Morgan fingerprint density at radius 3 is 2.37 bits per heavy atom. The molecule has 5 heteroatoms. The Morgan fingerprint density at radius 2 is 1.74 bits per heavy atom. The van der Waals surface area contributed by atoms with Gasteiger partial charge in [0.25, 0.3) is 0 Å². The third-order valence-electron chi connectivity index (χ3n) is 5.41. The minimum Gasteiger partial charge on any atom is -0.448 e. The first-order chi connectivity index (χ1) is 13.2. The molecule has 1 heterocycles. The van der Waals surface area contributed by atoms with Crippen molar-refractivity contribution in [3.05, 3.63) is 71.1 Å². The van der Waals surface area contributed by atoms with E-state index in [0.29, 0.717) is 25.0 Å². The number of hydrogen-bond acceptors (Lipinski definition) is 3. The maximum Gasteiger partial charge on any atom is 0.410 e. The Morgan fingerprint density at radius 1 is 1.11 bits per heavy atom. The van der Waals surface area contributed by atoms with Crippen molar-refractivity contribution in [1.82, 2.24) is 4.90 Å². The van der Waals surface area contributed by atoms with E-state index in [4.69, 9.17) is 9.84 Å². The van der Waals surface area contributed by atoms with Gasteiger partial charge in [0.15, 0.2) is 0 Å². The molecule has 1 saturated heterocycles. The number of benzene rings is 2. The van der Waals surface area contributed by atoms with Gasteiger partial charge in [-0.1, -0.05) is 48.5 Å². The van der Waals surface area contributed by atoms with Crippen LogP contribution >= 0.6 is 0 Å². The zero-order valence-electron chi connectivity index (χ0n) is 15.0. The monoisotopic (exact) mass is 367 g/mol. The quantitative estimate of drug-likeness (QED) is 0.882. The van der Waals surface area contributed by atoms with E-state index in [1.807, 2.05) is 24.3 Å². The molecule has 0 bridgehead atoms. The number of aliphatic hydroxyl groups excluding tert-OH is 1. The zero-order chi connectivity index (χ0) is 18.8. The summed E-state index contributed by atoms with van der Waals surface area (Å²) >= 11 is 0. The van der Waals surface area contributed by atoms with Crippen molar-refractivity contribution in [2.75, 3.05) is 26.3 Å². The summed E-state index contributed by atoms with van der Waals surface area (Å²) in [5.74, 6) is -0.526. The summed E-state index contributed by atoms with van der Waals surface area (Å²) in [5.41, 5.74) is 5.18. The van der Waals surface area contributed by atoms with Crippen molar-refractivity contribution in [1.29, 1.82) is 0 Å². The van der Waals surface area contributed by atoms with Crippen LogP contribution in [0.3, 0.4) is 0 Å². The summed E-state index contributed by atoms with van der Waals surface area (Å²) in [5, 5.41) is 8.98. The predicted molar refractivity (Wildman–Crippen MR) is 101 cm³/mol. The van der Waals surface area contributed by atoms with Gasteiger partial charge in [-0.15, -0.1) is 0 Å². The smallest absolute Gasteiger partial charge is 0.410 e. The first kappa shape index (κ1) is 17.7. The van der Waals surface area contributed by atoms with Crippen LogP contribution in [0.2, 0.25) is 0 Å². The number of aliphatic hydroxyl groups is 1. The predicted octanol–water partition coefficient (Wildman–Crippen LogP) is 4.25. The van der Waals surface area contributed by atoms with Crippen LogP contribution in [0.5, 0.6) is 0 Å². The van der Waals surface area contributed by atoms with E-state index in [2.05, 4.69) is 24.3 Å². The van der Waals surface area contributed by atoms with E-state index in [1.165, 1.54) is 16.0 Å². The average Bonchev–Trinajstić information content (AvgIpc) is 3.05. The number of piperidine rings is 1. The van der Waals surface area contributed by atoms with Gasteiger partial charge >= 0.3 is 6.09 Å². The van der Waals surface area contributed by atoms with Crippen molar-refractivity contribution >= 4 is 6.09 Å². The number of carbonyl (C=O) groups is 1. The lowest BCUT2D eigenvalue weighted by atomic mass is 9.98. The molecule has 1 aliphatic heterocycles. The fraction of sp³-hybridized carbons (Fsp3) is 0.318. The molecule has 2 aromatic rings. The van der Waals surface area contributed by atoms with Crippen LogP contribution in [-0.4, -0.2) is 42.4 Å². The minimum atomic E-state index is -0.617. The number of halogens is 1. The number of rotatable bonds is 3. The molecule has 1 aliphatic carbocycles. The highest BCUT2D eigenvalue weighted by Gasteiger charge is 2.30. The number of likely N-dealkylation sites (tertiary alicyclic amines) is 1. The third-order valence-corrected chi connectivity index (χ3v) is 5.41. The van der Waals surface area contributed by atoms with E-state index in [9.17, 15) is 9.18 Å². The summed E-state index contributed by atoms with van der Waals surface area (Å²) in [4.78, 5) is 14.0. The number of ether oxygens (including phenoxy) is 1. The van der Waals surface area contributed by atoms with Gasteiger partial charge in [-0.25, -0.2) is 9.18 Å². The number of fused-ring (bicyclic) bond motifs is 3. The molecule has 140 valence electrons. The Hall–Kier alpha value is -2.66. The molecular formula is C22H22FNO3. The molecule has 0 spiro atoms. The standard InChI is InChI=1S/C22H22FNO3/c23-21(13-25)15-6-5-11-24(12-15)22(26)27-14-20-18-9-3-1-7-16(18)17-8-2-4-10-19(17)20/h1-4,7-10,20,25H,5-6,11-14H2/b21-15+. The molecule has 4 nitrogen and oxygen atoms in total. The van der Waals surface area contributed by atoms with Crippen LogP contribution < -0.4 is 0 Å². The molecule has 2 aliphatic rings. The molecule has 0 unspecified atom stereocenters. The van der Waals surface area contributed by atoms with Gasteiger partial charge < -0.3 is 14.7 Å². The van der Waals surface area contributed by atoms with Gasteiger partial charge in [-0.05, 0) is 40.7 Å². The Bertz CT molecular complexity index is 847. The molecule has 1 amide bonds. The molecule has 4 rings (SSSR count). The van der Waals surface area contributed by atoms with Gasteiger partial charge in [-0.3, -0.25) is 0 Å². The van der Waals surface area contributed by atoms with E-state index in [1.54, 1.807) is 0 Å². The number of carbonyl (C=O) groups excluding carboxylic acids is 1. The third kappa shape index (κ3) is 3.35. The van der Waals surface area contributed by atoms with Crippen LogP contribution in [0.25, 0.3) is 11.1 Å². The van der Waals surface area contributed by atoms with E-state index >= 15 is 0 Å². The highest BCUT2D eigenvalue weighted by Crippen LogP contribution is 2.44. The molecule has 0 radical (unpaired) electrons. The largest absolute Gasteiger partial charge is 0.448 e. The SMILES string of the molecule is O=C(OCC1c2ccccc2-c2ccccc21)N1CCC/C(=C(\F)CO)C1. The van der Waals surface area contributed by atoms with Gasteiger partial charge in [0.1, 0.15) is 12.4 Å². The van der Waals surface area contributed by atoms with Gasteiger partial charge in [0, 0.05) is 19.0 Å². The van der Waals surface area contributed by atoms with E-state index < -0.39 is 18.5 Å². The molecular weight excluding hydrogens is 345 g/mol. The molecule has 1 fully saturated rings. The van der Waals surface area contributed by atoms with E-state index in [0.717, 1.165) is 11.1 Å². The topological polar surface area (TPSA) is 49.8 Å². The second-order valence-electron chi connectivity index (χ2n) is 7.00. The second kappa shape index (κ2) is 7.53. The number of nitrogens with zero attached hydrogens (tertiary/aromatic N) is 1. The Labute approximate surface area is 157 Å². The maximum atomic E-state index is 13.7. The molecule has 27 heavy (non-hydrogen) atoms. The first-order valence-electron chi connectivity index (χ1n) is 9.26. The second-order valence-corrected chi connectivity index (χ2v) is 7.00. The zero-order valence-corrected chi connectivity index (χ0v) is 15.0. The van der Waals surface area contributed by atoms with Crippen LogP contribution in [-0.2, 0) is 4.74 Å². The Balaban J connectivity index is 1.48. The molecule has 1 N–H and O–H groups in total. The molecule has 0 saturated carbocycles. The highest BCUT2D eigenvalue weighted by molar-refractivity contribution is 5.79. The van der Waals surface area contributed by atoms with E-state index in [-0.39, 0.29) is 19.1 Å². The van der Waals surface area contributed by atoms with Gasteiger partial charge in [-0.2, -0.15) is 0 Å². The highest BCUT2D eigenvalue weighted by atomic mass is 19.1. The minimum absolute atomic E-state index is 0.00957.